The van der Waals surface area contributed by atoms with E-state index in [0.717, 1.165) is 17.2 Å². The molecule has 0 saturated carbocycles. The highest BCUT2D eigenvalue weighted by atomic mass is 19.2. The molecule has 0 saturated heterocycles. The molecule has 43 heavy (non-hydrogen) atoms. The molecule has 0 bridgehead atoms. The van der Waals surface area contributed by atoms with Gasteiger partial charge in [-0.05, 0) is 49.6 Å². The third-order valence-electron chi connectivity index (χ3n) is 8.02. The van der Waals surface area contributed by atoms with Gasteiger partial charge in [0.15, 0.2) is 11.6 Å². The molecule has 0 aliphatic carbocycles. The second-order valence-electron chi connectivity index (χ2n) is 10.8. The van der Waals surface area contributed by atoms with Crippen molar-refractivity contribution in [3.05, 3.63) is 94.9 Å². The van der Waals surface area contributed by atoms with Crippen molar-refractivity contribution in [1.82, 2.24) is 15.0 Å². The topological polar surface area (TPSA) is 89.2 Å². The number of imidazole rings is 1. The fourth-order valence-corrected chi connectivity index (χ4v) is 5.58. The average Bonchev–Trinajstić information content (AvgIpc) is 3.70. The number of aromatic nitrogens is 3. The molecule has 3 aromatic carbocycles. The van der Waals surface area contributed by atoms with E-state index in [0.29, 0.717) is 30.9 Å². The van der Waals surface area contributed by atoms with Crippen molar-refractivity contribution in [3.8, 4) is 28.6 Å². The Labute approximate surface area is 243 Å². The second-order valence-corrected chi connectivity index (χ2v) is 10.8. The van der Waals surface area contributed by atoms with Gasteiger partial charge in [0.05, 0.1) is 36.4 Å². The third-order valence-corrected chi connectivity index (χ3v) is 8.02. The number of nitrogens with zero attached hydrogens (tertiary/aromatic N) is 1. The summed E-state index contributed by atoms with van der Waals surface area (Å²) >= 11 is 0. The second kappa shape index (κ2) is 10.8. The van der Waals surface area contributed by atoms with Crippen LogP contribution in [0.3, 0.4) is 0 Å². The standard InChI is InChI=1S/C32H27F4N3O4/c1-16(31(40)41-3)13-17-5-4-6-21-28(17)42-12-10-32(21,2)23-15-38-30(39-23)20-14-18(7-8-22(20)33)43-29-24(34)19-9-11-37-27(19)25(35)26(29)36/h4-9,11,14-16,37H,10,12-13H2,1-3H3,(H,38,39)/t16-,32?/m0/s1. The smallest absolute Gasteiger partial charge is 0.308 e. The molecule has 0 spiro atoms. The summed E-state index contributed by atoms with van der Waals surface area (Å²) in [6, 6.07) is 10.5. The molecule has 5 aromatic rings. The van der Waals surface area contributed by atoms with Crippen LogP contribution in [-0.4, -0.2) is 34.6 Å². The Morgan fingerprint density at radius 1 is 1.09 bits per heavy atom. The van der Waals surface area contributed by atoms with Crippen LogP contribution in [0.4, 0.5) is 17.6 Å². The molecule has 0 amide bonds. The van der Waals surface area contributed by atoms with E-state index in [1.807, 2.05) is 25.1 Å². The van der Waals surface area contributed by atoms with Crippen molar-refractivity contribution in [1.29, 1.82) is 0 Å². The molecule has 6 rings (SSSR count). The number of carbonyl (C=O) groups is 1. The lowest BCUT2D eigenvalue weighted by atomic mass is 9.74. The number of hydrogen-bond acceptors (Lipinski definition) is 5. The summed E-state index contributed by atoms with van der Waals surface area (Å²) in [5, 5.41) is -0.181. The van der Waals surface area contributed by atoms with Crippen LogP contribution in [0, 0.1) is 29.2 Å². The molecule has 0 radical (unpaired) electrons. The Hall–Kier alpha value is -4.80. The van der Waals surface area contributed by atoms with Gasteiger partial charge in [-0.15, -0.1) is 0 Å². The number of nitrogens with one attached hydrogen (secondary N) is 2. The lowest BCUT2D eigenvalue weighted by Gasteiger charge is -2.35. The highest BCUT2D eigenvalue weighted by Gasteiger charge is 2.38. The molecule has 3 heterocycles. The number of aromatic amines is 2. The van der Waals surface area contributed by atoms with Crippen LogP contribution in [-0.2, 0) is 21.4 Å². The van der Waals surface area contributed by atoms with Crippen molar-refractivity contribution in [2.75, 3.05) is 13.7 Å². The van der Waals surface area contributed by atoms with Gasteiger partial charge < -0.3 is 24.2 Å². The van der Waals surface area contributed by atoms with E-state index in [1.54, 1.807) is 13.1 Å². The summed E-state index contributed by atoms with van der Waals surface area (Å²) in [7, 11) is 1.35. The Morgan fingerprint density at radius 3 is 2.70 bits per heavy atom. The number of methoxy groups -OCH3 is 1. The van der Waals surface area contributed by atoms with Crippen LogP contribution in [0.15, 0.2) is 54.9 Å². The lowest BCUT2D eigenvalue weighted by Crippen LogP contribution is -2.32. The largest absolute Gasteiger partial charge is 0.493 e. The van der Waals surface area contributed by atoms with Gasteiger partial charge >= 0.3 is 5.97 Å². The monoisotopic (exact) mass is 593 g/mol. The predicted molar refractivity (Wildman–Crippen MR) is 150 cm³/mol. The molecule has 2 atom stereocenters. The molecule has 1 unspecified atom stereocenters. The van der Waals surface area contributed by atoms with Gasteiger partial charge in [0.1, 0.15) is 23.1 Å². The van der Waals surface area contributed by atoms with Crippen LogP contribution in [0.5, 0.6) is 17.2 Å². The third kappa shape index (κ3) is 4.78. The van der Waals surface area contributed by atoms with Gasteiger partial charge in [0, 0.05) is 28.8 Å². The molecular weight excluding hydrogens is 566 g/mol. The first-order chi connectivity index (χ1) is 20.6. The Kier molecular flexibility index (Phi) is 7.11. The maximum Gasteiger partial charge on any atom is 0.308 e. The fraction of sp³-hybridized carbons (Fsp3) is 0.250. The summed E-state index contributed by atoms with van der Waals surface area (Å²) in [6.07, 6.45) is 3.97. The number of ether oxygens (including phenoxy) is 3. The van der Waals surface area contributed by atoms with Crippen LogP contribution >= 0.6 is 0 Å². The quantitative estimate of drug-likeness (QED) is 0.117. The lowest BCUT2D eigenvalue weighted by molar-refractivity contribution is -0.144. The Morgan fingerprint density at radius 2 is 1.91 bits per heavy atom. The van der Waals surface area contributed by atoms with Crippen molar-refractivity contribution in [3.63, 3.8) is 0 Å². The van der Waals surface area contributed by atoms with Gasteiger partial charge in [-0.2, -0.15) is 4.39 Å². The number of hydrogen-bond donors (Lipinski definition) is 2. The summed E-state index contributed by atoms with van der Waals surface area (Å²) in [4.78, 5) is 22.2. The van der Waals surface area contributed by atoms with E-state index < -0.39 is 34.4 Å². The summed E-state index contributed by atoms with van der Waals surface area (Å²) in [5.74, 6) is -5.45. The van der Waals surface area contributed by atoms with Crippen molar-refractivity contribution >= 4 is 16.9 Å². The minimum absolute atomic E-state index is 0.00991. The molecule has 2 N–H and O–H groups in total. The van der Waals surface area contributed by atoms with Crippen molar-refractivity contribution in [2.24, 2.45) is 5.92 Å². The number of rotatable bonds is 7. The highest BCUT2D eigenvalue weighted by Crippen LogP contribution is 2.45. The molecule has 1 aliphatic heterocycles. The van der Waals surface area contributed by atoms with Crippen LogP contribution in [0.25, 0.3) is 22.3 Å². The zero-order chi connectivity index (χ0) is 30.5. The summed E-state index contributed by atoms with van der Waals surface area (Å²) < 4.78 is 75.6. The van der Waals surface area contributed by atoms with Crippen LogP contribution < -0.4 is 9.47 Å². The minimum atomic E-state index is -1.51. The molecule has 222 valence electrons. The van der Waals surface area contributed by atoms with Gasteiger partial charge in [-0.25, -0.2) is 18.2 Å². The number of carbonyl (C=O) groups excluding carboxylic acids is 1. The summed E-state index contributed by atoms with van der Waals surface area (Å²) in [6.45, 7) is 4.19. The van der Waals surface area contributed by atoms with E-state index in [2.05, 4.69) is 9.97 Å². The Bertz CT molecular complexity index is 1870. The number of benzene rings is 3. The van der Waals surface area contributed by atoms with Gasteiger partial charge in [0.2, 0.25) is 11.6 Å². The number of esters is 1. The van der Waals surface area contributed by atoms with Crippen molar-refractivity contribution < 1.29 is 36.6 Å². The van der Waals surface area contributed by atoms with Gasteiger partial charge in [-0.3, -0.25) is 4.79 Å². The first-order valence-corrected chi connectivity index (χ1v) is 13.6. The first-order valence-electron chi connectivity index (χ1n) is 13.6. The first kappa shape index (κ1) is 28.3. The average molecular weight is 594 g/mol. The van der Waals surface area contributed by atoms with E-state index in [1.165, 1.54) is 31.5 Å². The molecule has 2 aromatic heterocycles. The van der Waals surface area contributed by atoms with Gasteiger partial charge in [-0.1, -0.05) is 25.1 Å². The Balaban J connectivity index is 1.33. The molecule has 7 nitrogen and oxygen atoms in total. The molecule has 0 fully saturated rings. The van der Waals surface area contributed by atoms with E-state index in [-0.39, 0.29) is 39.9 Å². The van der Waals surface area contributed by atoms with Crippen LogP contribution in [0.1, 0.15) is 37.1 Å². The SMILES string of the molecule is COC(=O)[C@@H](C)Cc1cccc2c1OCCC2(C)c1c[nH]c(-c2cc(Oc3c(F)c(F)c4[nH]ccc4c3F)ccc2F)n1. The van der Waals surface area contributed by atoms with Crippen molar-refractivity contribution in [2.45, 2.75) is 32.1 Å². The zero-order valence-corrected chi connectivity index (χ0v) is 23.5. The van der Waals surface area contributed by atoms with Gasteiger partial charge in [0.25, 0.3) is 0 Å². The maximum absolute atomic E-state index is 15.1. The molecular formula is C32H27F4N3O4. The normalized spacial score (nSPS) is 16.9. The zero-order valence-electron chi connectivity index (χ0n) is 23.5. The highest BCUT2D eigenvalue weighted by molar-refractivity contribution is 5.82. The maximum atomic E-state index is 15.1. The summed E-state index contributed by atoms with van der Waals surface area (Å²) in [5.41, 5.74) is 1.40. The minimum Gasteiger partial charge on any atom is -0.493 e. The van der Waals surface area contributed by atoms with E-state index in [9.17, 15) is 18.0 Å². The number of H-pyrrole nitrogens is 2. The van der Waals surface area contributed by atoms with E-state index in [4.69, 9.17) is 19.2 Å². The fourth-order valence-electron chi connectivity index (χ4n) is 5.58. The number of para-hydroxylation sites is 1. The van der Waals surface area contributed by atoms with E-state index >= 15 is 4.39 Å². The number of halogens is 4. The molecule has 11 heteroatoms. The molecule has 1 aliphatic rings. The van der Waals surface area contributed by atoms with Crippen LogP contribution in [0.2, 0.25) is 0 Å². The number of fused-ring (bicyclic) bond motifs is 2. The predicted octanol–water partition coefficient (Wildman–Crippen LogP) is 7.35.